The summed E-state index contributed by atoms with van der Waals surface area (Å²) in [5, 5.41) is 7.85. The van der Waals surface area contributed by atoms with E-state index in [1.54, 1.807) is 0 Å². The van der Waals surface area contributed by atoms with E-state index in [1.165, 1.54) is 11.1 Å². The van der Waals surface area contributed by atoms with E-state index in [9.17, 15) is 4.79 Å². The van der Waals surface area contributed by atoms with Crippen LogP contribution in [0.2, 0.25) is 0 Å². The Hall–Kier alpha value is -2.14. The van der Waals surface area contributed by atoms with Crippen molar-refractivity contribution in [1.29, 1.82) is 0 Å². The number of hydrogen-bond acceptors (Lipinski definition) is 4. The first kappa shape index (κ1) is 14.8. The van der Waals surface area contributed by atoms with Crippen LogP contribution in [-0.2, 0) is 24.2 Å². The molecule has 0 bridgehead atoms. The maximum atomic E-state index is 12.1. The highest BCUT2D eigenvalue weighted by atomic mass is 16.5. The van der Waals surface area contributed by atoms with Gasteiger partial charge in [0.1, 0.15) is 0 Å². The summed E-state index contributed by atoms with van der Waals surface area (Å²) in [6, 6.07) is 8.27. The summed E-state index contributed by atoms with van der Waals surface area (Å²) in [6.45, 7) is 6.55. The average Bonchev–Trinajstić information content (AvgIpc) is 2.89. The molecule has 0 radical (unpaired) electrons. The van der Waals surface area contributed by atoms with Gasteiger partial charge in [-0.2, -0.15) is 5.10 Å². The monoisotopic (exact) mass is 299 g/mol. The first-order chi connectivity index (χ1) is 10.7. The highest BCUT2D eigenvalue weighted by molar-refractivity contribution is 5.89. The maximum Gasteiger partial charge on any atom is 0.359 e. The molecule has 0 fully saturated rings. The number of carbonyl (C=O) groups is 1. The molecule has 3 rings (SSSR count). The van der Waals surface area contributed by atoms with E-state index in [0.29, 0.717) is 25.4 Å². The number of carbonyl (C=O) groups excluding carboxylic acids is 1. The predicted molar refractivity (Wildman–Crippen MR) is 83.9 cm³/mol. The Labute approximate surface area is 130 Å². The molecular weight excluding hydrogens is 278 g/mol. The lowest BCUT2D eigenvalue weighted by atomic mass is 10.1. The molecule has 5 heteroatoms. The van der Waals surface area contributed by atoms with Crippen molar-refractivity contribution in [3.05, 3.63) is 52.3 Å². The van der Waals surface area contributed by atoms with Crippen molar-refractivity contribution in [2.45, 2.75) is 33.4 Å². The Bertz CT molecular complexity index is 691. The topological polar surface area (TPSA) is 56.1 Å². The molecule has 1 aliphatic heterocycles. The van der Waals surface area contributed by atoms with Crippen LogP contribution in [0.25, 0.3) is 0 Å². The second-order valence-corrected chi connectivity index (χ2v) is 5.51. The summed E-state index contributed by atoms with van der Waals surface area (Å²) in [6.07, 6.45) is 0.883. The van der Waals surface area contributed by atoms with Crippen LogP contribution in [0, 0.1) is 6.92 Å². The van der Waals surface area contributed by atoms with Crippen LogP contribution >= 0.6 is 0 Å². The number of esters is 1. The fourth-order valence-electron chi connectivity index (χ4n) is 2.86. The summed E-state index contributed by atoms with van der Waals surface area (Å²) < 4.78 is 7.10. The van der Waals surface area contributed by atoms with Crippen LogP contribution in [0.4, 0.5) is 0 Å². The average molecular weight is 299 g/mol. The normalized spacial score (nSPS) is 13.7. The molecule has 1 aliphatic rings. The van der Waals surface area contributed by atoms with Crippen molar-refractivity contribution in [1.82, 2.24) is 15.1 Å². The van der Waals surface area contributed by atoms with E-state index >= 15 is 0 Å². The standard InChI is InChI=1S/C17H21N3O2/c1-3-22-17(21)16-14-10-18-9-8-15(14)20(19-16)11-13-7-5-4-6-12(13)2/h4-7,18H,3,8-11H2,1-2H3. The summed E-state index contributed by atoms with van der Waals surface area (Å²) in [7, 11) is 0. The lowest BCUT2D eigenvalue weighted by Gasteiger charge is -2.16. The van der Waals surface area contributed by atoms with Gasteiger partial charge in [-0.1, -0.05) is 24.3 Å². The van der Waals surface area contributed by atoms with Crippen molar-refractivity contribution in [2.75, 3.05) is 13.2 Å². The van der Waals surface area contributed by atoms with Gasteiger partial charge >= 0.3 is 5.97 Å². The molecule has 1 N–H and O–H groups in total. The summed E-state index contributed by atoms with van der Waals surface area (Å²) >= 11 is 0. The van der Waals surface area contributed by atoms with Gasteiger partial charge in [0.2, 0.25) is 0 Å². The van der Waals surface area contributed by atoms with Gasteiger partial charge in [-0.05, 0) is 25.0 Å². The van der Waals surface area contributed by atoms with Crippen LogP contribution in [0.1, 0.15) is 39.8 Å². The molecule has 116 valence electrons. The van der Waals surface area contributed by atoms with Crippen molar-refractivity contribution >= 4 is 5.97 Å². The highest BCUT2D eigenvalue weighted by Gasteiger charge is 2.25. The molecule has 0 saturated carbocycles. The van der Waals surface area contributed by atoms with Crippen molar-refractivity contribution in [2.24, 2.45) is 0 Å². The number of ether oxygens (including phenoxy) is 1. The second kappa shape index (κ2) is 6.32. The van der Waals surface area contributed by atoms with Crippen LogP contribution < -0.4 is 5.32 Å². The van der Waals surface area contributed by atoms with E-state index in [4.69, 9.17) is 4.74 Å². The maximum absolute atomic E-state index is 12.1. The molecule has 22 heavy (non-hydrogen) atoms. The molecule has 0 amide bonds. The zero-order valence-electron chi connectivity index (χ0n) is 13.1. The van der Waals surface area contributed by atoms with Crippen LogP contribution in [0.5, 0.6) is 0 Å². The van der Waals surface area contributed by atoms with Gasteiger partial charge in [-0.3, -0.25) is 4.68 Å². The van der Waals surface area contributed by atoms with Gasteiger partial charge in [-0.15, -0.1) is 0 Å². The molecule has 0 spiro atoms. The zero-order valence-corrected chi connectivity index (χ0v) is 13.1. The second-order valence-electron chi connectivity index (χ2n) is 5.51. The van der Waals surface area contributed by atoms with Crippen molar-refractivity contribution < 1.29 is 9.53 Å². The van der Waals surface area contributed by atoms with Crippen LogP contribution in [0.15, 0.2) is 24.3 Å². The molecule has 0 saturated heterocycles. The lowest BCUT2D eigenvalue weighted by Crippen LogP contribution is -2.26. The van der Waals surface area contributed by atoms with Gasteiger partial charge in [0.05, 0.1) is 13.2 Å². The number of nitrogens with zero attached hydrogens (tertiary/aromatic N) is 2. The van der Waals surface area contributed by atoms with Crippen molar-refractivity contribution in [3.8, 4) is 0 Å². The molecule has 0 atom stereocenters. The predicted octanol–water partition coefficient (Wildman–Crippen LogP) is 2.06. The fourth-order valence-corrected chi connectivity index (χ4v) is 2.86. The summed E-state index contributed by atoms with van der Waals surface area (Å²) in [4.78, 5) is 12.1. The SMILES string of the molecule is CCOC(=O)c1nn(Cc2ccccc2C)c2c1CNCC2. The number of rotatable bonds is 4. The number of aromatic nitrogens is 2. The largest absolute Gasteiger partial charge is 0.461 e. The van der Waals surface area contributed by atoms with Gasteiger partial charge in [0.25, 0.3) is 0 Å². The van der Waals surface area contributed by atoms with E-state index in [1.807, 2.05) is 23.7 Å². The molecule has 1 aromatic heterocycles. The van der Waals surface area contributed by atoms with Crippen LogP contribution in [0.3, 0.4) is 0 Å². The molecule has 2 heterocycles. The highest BCUT2D eigenvalue weighted by Crippen LogP contribution is 2.21. The number of fused-ring (bicyclic) bond motifs is 1. The van der Waals surface area contributed by atoms with E-state index in [2.05, 4.69) is 29.5 Å². The Morgan fingerprint density at radius 1 is 1.41 bits per heavy atom. The number of nitrogens with one attached hydrogen (secondary N) is 1. The van der Waals surface area contributed by atoms with Gasteiger partial charge in [0.15, 0.2) is 5.69 Å². The summed E-state index contributed by atoms with van der Waals surface area (Å²) in [5.41, 5.74) is 5.04. The molecule has 1 aromatic carbocycles. The lowest BCUT2D eigenvalue weighted by molar-refractivity contribution is 0.0517. The minimum Gasteiger partial charge on any atom is -0.461 e. The molecule has 2 aromatic rings. The van der Waals surface area contributed by atoms with E-state index in [-0.39, 0.29) is 5.97 Å². The molecule has 0 aliphatic carbocycles. The number of benzene rings is 1. The summed E-state index contributed by atoms with van der Waals surface area (Å²) in [5.74, 6) is -0.328. The first-order valence-corrected chi connectivity index (χ1v) is 7.71. The Morgan fingerprint density at radius 2 is 2.23 bits per heavy atom. The third-order valence-corrected chi connectivity index (χ3v) is 4.06. The minimum atomic E-state index is -0.328. The third kappa shape index (κ3) is 2.76. The molecule has 5 nitrogen and oxygen atoms in total. The quantitative estimate of drug-likeness (QED) is 0.878. The van der Waals surface area contributed by atoms with Gasteiger partial charge in [-0.25, -0.2) is 4.79 Å². The van der Waals surface area contributed by atoms with Crippen LogP contribution in [-0.4, -0.2) is 28.9 Å². The smallest absolute Gasteiger partial charge is 0.359 e. The Balaban J connectivity index is 1.97. The molecular formula is C17H21N3O2. The van der Waals surface area contributed by atoms with E-state index < -0.39 is 0 Å². The third-order valence-electron chi connectivity index (χ3n) is 4.06. The minimum absolute atomic E-state index is 0.328. The van der Waals surface area contributed by atoms with E-state index in [0.717, 1.165) is 24.2 Å². The first-order valence-electron chi connectivity index (χ1n) is 7.71. The fraction of sp³-hybridized carbons (Fsp3) is 0.412. The van der Waals surface area contributed by atoms with Gasteiger partial charge < -0.3 is 10.1 Å². The molecule has 0 unspecified atom stereocenters. The van der Waals surface area contributed by atoms with Crippen molar-refractivity contribution in [3.63, 3.8) is 0 Å². The van der Waals surface area contributed by atoms with Gasteiger partial charge in [0, 0.05) is 30.8 Å². The zero-order chi connectivity index (χ0) is 15.5. The number of aryl methyl sites for hydroxylation is 1. The Morgan fingerprint density at radius 3 is 3.00 bits per heavy atom. The Kier molecular flexibility index (Phi) is 4.24. The number of hydrogen-bond donors (Lipinski definition) is 1.